The van der Waals surface area contributed by atoms with Gasteiger partial charge in [0.25, 0.3) is 0 Å². The van der Waals surface area contributed by atoms with E-state index in [0.29, 0.717) is 12.8 Å². The first kappa shape index (κ1) is 23.9. The summed E-state index contributed by atoms with van der Waals surface area (Å²) in [5.41, 5.74) is -3.32. The van der Waals surface area contributed by atoms with E-state index in [2.05, 4.69) is 10.6 Å². The predicted octanol–water partition coefficient (Wildman–Crippen LogP) is 2.37. The van der Waals surface area contributed by atoms with Crippen molar-refractivity contribution in [3.05, 3.63) is 0 Å². The van der Waals surface area contributed by atoms with Crippen molar-refractivity contribution in [1.82, 2.24) is 10.6 Å². The summed E-state index contributed by atoms with van der Waals surface area (Å²) in [5.74, 6) is -0.598. The third kappa shape index (κ3) is 5.67. The minimum atomic E-state index is -1.14. The molecule has 158 valence electrons. The number of amides is 2. The first-order chi connectivity index (χ1) is 12.1. The zero-order valence-corrected chi connectivity index (χ0v) is 18.3. The van der Waals surface area contributed by atoms with Gasteiger partial charge in [0.15, 0.2) is 0 Å². The Balaban J connectivity index is 3.10. The van der Waals surface area contributed by atoms with Crippen LogP contribution in [-0.2, 0) is 9.59 Å². The predicted molar refractivity (Wildman–Crippen MR) is 107 cm³/mol. The van der Waals surface area contributed by atoms with Crippen molar-refractivity contribution in [3.8, 4) is 0 Å². The van der Waals surface area contributed by atoms with Gasteiger partial charge in [0.05, 0.1) is 23.3 Å². The third-order valence-electron chi connectivity index (χ3n) is 5.76. The molecule has 0 unspecified atom stereocenters. The molecule has 1 rings (SSSR count). The number of carbonyl (C=O) groups excluding carboxylic acids is 2. The van der Waals surface area contributed by atoms with E-state index in [1.807, 2.05) is 27.7 Å². The second-order valence-electron chi connectivity index (χ2n) is 9.99. The SMILES string of the molecule is CC(C)[C@@H](NC(=O)C1(C(=O)N[C@H](C(C)C)C(C)(C)O)CCCC1)C(C)(C)O. The Labute approximate surface area is 164 Å². The van der Waals surface area contributed by atoms with Crippen LogP contribution in [0.4, 0.5) is 0 Å². The molecule has 0 bridgehead atoms. The summed E-state index contributed by atoms with van der Waals surface area (Å²) in [7, 11) is 0. The van der Waals surface area contributed by atoms with E-state index in [-0.39, 0.29) is 23.7 Å². The molecule has 6 nitrogen and oxygen atoms in total. The Hall–Kier alpha value is -1.14. The molecule has 1 fully saturated rings. The van der Waals surface area contributed by atoms with Gasteiger partial charge in [0.1, 0.15) is 5.41 Å². The van der Waals surface area contributed by atoms with E-state index >= 15 is 0 Å². The summed E-state index contributed by atoms with van der Waals surface area (Å²) < 4.78 is 0. The Bertz CT molecular complexity index is 481. The van der Waals surface area contributed by atoms with Crippen molar-refractivity contribution in [2.75, 3.05) is 0 Å². The molecule has 1 saturated carbocycles. The molecular formula is C21H40N2O4. The molecule has 2 amide bonds. The van der Waals surface area contributed by atoms with Crippen molar-refractivity contribution >= 4 is 11.8 Å². The van der Waals surface area contributed by atoms with E-state index < -0.39 is 28.7 Å². The Morgan fingerprint density at radius 2 is 1.07 bits per heavy atom. The van der Waals surface area contributed by atoms with E-state index in [1.165, 1.54) is 0 Å². The van der Waals surface area contributed by atoms with Gasteiger partial charge >= 0.3 is 0 Å². The Morgan fingerprint density at radius 3 is 1.30 bits per heavy atom. The van der Waals surface area contributed by atoms with E-state index in [4.69, 9.17) is 0 Å². The summed E-state index contributed by atoms with van der Waals surface area (Å²) in [5, 5.41) is 26.8. The maximum Gasteiger partial charge on any atom is 0.236 e. The van der Waals surface area contributed by atoms with Crippen LogP contribution in [0.2, 0.25) is 0 Å². The number of hydrogen-bond donors (Lipinski definition) is 4. The van der Waals surface area contributed by atoms with Crippen LogP contribution in [0, 0.1) is 17.3 Å². The van der Waals surface area contributed by atoms with E-state index in [1.54, 1.807) is 27.7 Å². The Kier molecular flexibility index (Phi) is 7.50. The van der Waals surface area contributed by atoms with Gasteiger partial charge in [-0.25, -0.2) is 0 Å². The molecule has 0 heterocycles. The molecule has 1 aliphatic carbocycles. The lowest BCUT2D eigenvalue weighted by molar-refractivity contribution is -0.147. The molecule has 0 aromatic rings. The van der Waals surface area contributed by atoms with Crippen LogP contribution in [0.1, 0.15) is 81.1 Å². The van der Waals surface area contributed by atoms with Crippen LogP contribution >= 0.6 is 0 Å². The number of aliphatic hydroxyl groups is 2. The van der Waals surface area contributed by atoms with Crippen LogP contribution in [0.3, 0.4) is 0 Å². The van der Waals surface area contributed by atoms with Crippen molar-refractivity contribution in [3.63, 3.8) is 0 Å². The summed E-state index contributed by atoms with van der Waals surface area (Å²) >= 11 is 0. The highest BCUT2D eigenvalue weighted by Crippen LogP contribution is 2.40. The monoisotopic (exact) mass is 384 g/mol. The number of carbonyl (C=O) groups is 2. The third-order valence-corrected chi connectivity index (χ3v) is 5.76. The lowest BCUT2D eigenvalue weighted by atomic mass is 9.80. The second kappa shape index (κ2) is 8.48. The maximum absolute atomic E-state index is 13.2. The van der Waals surface area contributed by atoms with Gasteiger partial charge < -0.3 is 20.8 Å². The van der Waals surface area contributed by atoms with Crippen LogP contribution in [0.15, 0.2) is 0 Å². The van der Waals surface area contributed by atoms with Crippen LogP contribution in [0.25, 0.3) is 0 Å². The molecule has 4 N–H and O–H groups in total. The second-order valence-corrected chi connectivity index (χ2v) is 9.99. The number of rotatable bonds is 8. The van der Waals surface area contributed by atoms with Gasteiger partial charge in [-0.15, -0.1) is 0 Å². The summed E-state index contributed by atoms with van der Waals surface area (Å²) in [6.07, 6.45) is 2.59. The Morgan fingerprint density at radius 1 is 0.778 bits per heavy atom. The molecule has 27 heavy (non-hydrogen) atoms. The topological polar surface area (TPSA) is 98.7 Å². The quantitative estimate of drug-likeness (QED) is 0.483. The van der Waals surface area contributed by atoms with Crippen LogP contribution in [-0.4, -0.2) is 45.3 Å². The molecule has 0 radical (unpaired) electrons. The smallest absolute Gasteiger partial charge is 0.236 e. The molecule has 0 spiro atoms. The minimum Gasteiger partial charge on any atom is -0.388 e. The molecule has 2 atom stereocenters. The van der Waals surface area contributed by atoms with Crippen molar-refractivity contribution < 1.29 is 19.8 Å². The first-order valence-corrected chi connectivity index (χ1v) is 10.2. The van der Waals surface area contributed by atoms with E-state index in [0.717, 1.165) is 12.8 Å². The molecular weight excluding hydrogens is 344 g/mol. The lowest BCUT2D eigenvalue weighted by Crippen LogP contribution is -2.61. The van der Waals surface area contributed by atoms with Gasteiger partial charge in [0, 0.05) is 0 Å². The van der Waals surface area contributed by atoms with Gasteiger partial charge in [-0.3, -0.25) is 9.59 Å². The molecule has 6 heteroatoms. The zero-order valence-electron chi connectivity index (χ0n) is 18.3. The van der Waals surface area contributed by atoms with Crippen molar-refractivity contribution in [2.45, 2.75) is 104 Å². The summed E-state index contributed by atoms with van der Waals surface area (Å²) in [4.78, 5) is 26.5. The molecule has 1 aliphatic rings. The molecule has 0 aromatic carbocycles. The number of hydrogen-bond acceptors (Lipinski definition) is 4. The van der Waals surface area contributed by atoms with Crippen molar-refractivity contribution in [1.29, 1.82) is 0 Å². The first-order valence-electron chi connectivity index (χ1n) is 10.2. The highest BCUT2D eigenvalue weighted by Gasteiger charge is 2.50. The van der Waals surface area contributed by atoms with Gasteiger partial charge in [-0.1, -0.05) is 40.5 Å². The molecule has 0 aliphatic heterocycles. The highest BCUT2D eigenvalue weighted by atomic mass is 16.3. The van der Waals surface area contributed by atoms with E-state index in [9.17, 15) is 19.8 Å². The zero-order chi connectivity index (χ0) is 21.2. The summed E-state index contributed by atoms with van der Waals surface area (Å²) in [6.45, 7) is 14.4. The molecule has 0 aromatic heterocycles. The fourth-order valence-electron chi connectivity index (χ4n) is 4.41. The van der Waals surface area contributed by atoms with Crippen molar-refractivity contribution in [2.24, 2.45) is 17.3 Å². The summed E-state index contributed by atoms with van der Waals surface area (Å²) in [6, 6.07) is -0.907. The normalized spacial score (nSPS) is 19.9. The lowest BCUT2D eigenvalue weighted by Gasteiger charge is -2.39. The average Bonchev–Trinajstić information content (AvgIpc) is 2.97. The fourth-order valence-corrected chi connectivity index (χ4v) is 4.41. The van der Waals surface area contributed by atoms with Gasteiger partial charge in [-0.05, 0) is 52.4 Å². The minimum absolute atomic E-state index is 0.0234. The van der Waals surface area contributed by atoms with Crippen LogP contribution in [0.5, 0.6) is 0 Å². The number of nitrogens with one attached hydrogen (secondary N) is 2. The maximum atomic E-state index is 13.2. The average molecular weight is 385 g/mol. The van der Waals surface area contributed by atoms with Crippen LogP contribution < -0.4 is 10.6 Å². The molecule has 0 saturated heterocycles. The van der Waals surface area contributed by atoms with Gasteiger partial charge in [0.2, 0.25) is 11.8 Å². The standard InChI is InChI=1S/C21H40N2O4/c1-13(2)15(19(5,6)26)22-17(24)21(11-9-10-12-21)18(25)23-16(14(3)4)20(7,8)27/h13-16,26-27H,9-12H2,1-8H3,(H,22,24)(H,23,25)/t15-,16-/m1/s1. The fraction of sp³-hybridized carbons (Fsp3) is 0.905. The largest absolute Gasteiger partial charge is 0.388 e. The highest BCUT2D eigenvalue weighted by molar-refractivity contribution is 6.05. The van der Waals surface area contributed by atoms with Gasteiger partial charge in [-0.2, -0.15) is 0 Å².